The molecule has 2 atom stereocenters. The van der Waals surface area contributed by atoms with Crippen LogP contribution in [0.3, 0.4) is 0 Å². The topological polar surface area (TPSA) is 21.1 Å². The van der Waals surface area contributed by atoms with Crippen molar-refractivity contribution in [2.45, 2.75) is 31.3 Å². The third-order valence-corrected chi connectivity index (χ3v) is 4.75. The smallest absolute Gasteiger partial charge is 0.0645 e. The van der Waals surface area contributed by atoms with Gasteiger partial charge in [-0.3, -0.25) is 4.90 Å². The summed E-state index contributed by atoms with van der Waals surface area (Å²) < 4.78 is 1.90. The first-order valence-electron chi connectivity index (χ1n) is 7.34. The SMILES string of the molecule is CN1C2C=C(c3ccc(-n4cccn4)cc3)CC1CC2. The van der Waals surface area contributed by atoms with Crippen LogP contribution in [-0.2, 0) is 0 Å². The Bertz CT molecular complexity index is 625. The van der Waals surface area contributed by atoms with Gasteiger partial charge in [0.15, 0.2) is 0 Å². The molecule has 2 aliphatic rings. The normalized spacial score (nSPS) is 25.8. The number of hydrogen-bond donors (Lipinski definition) is 0. The third-order valence-electron chi connectivity index (χ3n) is 4.75. The molecule has 1 aromatic heterocycles. The Morgan fingerprint density at radius 1 is 1.15 bits per heavy atom. The van der Waals surface area contributed by atoms with Crippen LogP contribution in [0, 0.1) is 0 Å². The number of likely N-dealkylation sites (N-methyl/N-ethyl adjacent to an activating group) is 1. The maximum Gasteiger partial charge on any atom is 0.0645 e. The molecule has 3 heterocycles. The summed E-state index contributed by atoms with van der Waals surface area (Å²) >= 11 is 0. The molecule has 4 rings (SSSR count). The van der Waals surface area contributed by atoms with Gasteiger partial charge in [-0.25, -0.2) is 4.68 Å². The van der Waals surface area contributed by atoms with Crippen molar-refractivity contribution in [1.29, 1.82) is 0 Å². The molecule has 2 bridgehead atoms. The zero-order chi connectivity index (χ0) is 13.5. The Hall–Kier alpha value is -1.87. The molecule has 1 saturated heterocycles. The van der Waals surface area contributed by atoms with Crippen molar-refractivity contribution in [2.24, 2.45) is 0 Å². The van der Waals surface area contributed by atoms with Gasteiger partial charge in [-0.05, 0) is 55.6 Å². The summed E-state index contributed by atoms with van der Waals surface area (Å²) in [7, 11) is 2.26. The summed E-state index contributed by atoms with van der Waals surface area (Å²) in [6, 6.07) is 12.1. The Balaban J connectivity index is 1.62. The molecule has 102 valence electrons. The van der Waals surface area contributed by atoms with Gasteiger partial charge in [0.1, 0.15) is 0 Å². The van der Waals surface area contributed by atoms with E-state index in [2.05, 4.69) is 47.4 Å². The van der Waals surface area contributed by atoms with Gasteiger partial charge in [-0.2, -0.15) is 5.10 Å². The van der Waals surface area contributed by atoms with E-state index in [0.29, 0.717) is 6.04 Å². The first-order chi connectivity index (χ1) is 9.81. The van der Waals surface area contributed by atoms with Gasteiger partial charge in [0, 0.05) is 24.5 Å². The lowest BCUT2D eigenvalue weighted by Gasteiger charge is -2.30. The predicted molar refractivity (Wildman–Crippen MR) is 80.7 cm³/mol. The fourth-order valence-corrected chi connectivity index (χ4v) is 3.51. The van der Waals surface area contributed by atoms with E-state index in [9.17, 15) is 0 Å². The van der Waals surface area contributed by atoms with Gasteiger partial charge in [-0.15, -0.1) is 0 Å². The lowest BCUT2D eigenvalue weighted by atomic mass is 9.95. The third kappa shape index (κ3) is 1.90. The number of rotatable bonds is 2. The molecule has 20 heavy (non-hydrogen) atoms. The summed E-state index contributed by atoms with van der Waals surface area (Å²) in [6.07, 6.45) is 10.1. The second-order valence-electron chi connectivity index (χ2n) is 5.86. The van der Waals surface area contributed by atoms with Crippen molar-refractivity contribution in [3.05, 3.63) is 54.4 Å². The maximum atomic E-state index is 4.27. The fourth-order valence-electron chi connectivity index (χ4n) is 3.51. The fraction of sp³-hybridized carbons (Fsp3) is 0.353. The number of fused-ring (bicyclic) bond motifs is 2. The van der Waals surface area contributed by atoms with E-state index < -0.39 is 0 Å². The Morgan fingerprint density at radius 3 is 2.70 bits per heavy atom. The van der Waals surface area contributed by atoms with Crippen molar-refractivity contribution in [2.75, 3.05) is 7.05 Å². The monoisotopic (exact) mass is 265 g/mol. The molecule has 1 fully saturated rings. The Kier molecular flexibility index (Phi) is 2.74. The molecule has 2 aromatic rings. The van der Waals surface area contributed by atoms with Gasteiger partial charge in [-0.1, -0.05) is 18.2 Å². The average molecular weight is 265 g/mol. The minimum Gasteiger partial charge on any atom is -0.297 e. The number of benzene rings is 1. The van der Waals surface area contributed by atoms with Crippen molar-refractivity contribution in [3.63, 3.8) is 0 Å². The molecular formula is C17H19N3. The summed E-state index contributed by atoms with van der Waals surface area (Å²) in [5, 5.41) is 4.27. The van der Waals surface area contributed by atoms with E-state index >= 15 is 0 Å². The maximum absolute atomic E-state index is 4.27. The van der Waals surface area contributed by atoms with Gasteiger partial charge in [0.25, 0.3) is 0 Å². The summed E-state index contributed by atoms with van der Waals surface area (Å²) in [5.74, 6) is 0. The first kappa shape index (κ1) is 11.9. The van der Waals surface area contributed by atoms with Crippen LogP contribution in [0.15, 0.2) is 48.8 Å². The second-order valence-corrected chi connectivity index (χ2v) is 5.86. The lowest BCUT2D eigenvalue weighted by Crippen LogP contribution is -2.34. The average Bonchev–Trinajstić information content (AvgIpc) is 3.06. The highest BCUT2D eigenvalue weighted by Gasteiger charge is 2.33. The van der Waals surface area contributed by atoms with Crippen molar-refractivity contribution < 1.29 is 0 Å². The van der Waals surface area contributed by atoms with Gasteiger partial charge < -0.3 is 0 Å². The molecule has 0 N–H and O–H groups in total. The molecule has 0 aliphatic carbocycles. The van der Waals surface area contributed by atoms with Crippen LogP contribution in [-0.4, -0.2) is 33.8 Å². The quantitative estimate of drug-likeness (QED) is 0.832. The molecule has 3 nitrogen and oxygen atoms in total. The first-order valence-corrected chi connectivity index (χ1v) is 7.34. The van der Waals surface area contributed by atoms with Crippen LogP contribution in [0.5, 0.6) is 0 Å². The largest absolute Gasteiger partial charge is 0.297 e. The van der Waals surface area contributed by atoms with Crippen LogP contribution in [0.25, 0.3) is 11.3 Å². The van der Waals surface area contributed by atoms with E-state index in [1.165, 1.54) is 30.4 Å². The molecule has 1 aromatic carbocycles. The molecule has 0 spiro atoms. The van der Waals surface area contributed by atoms with Gasteiger partial charge in [0.2, 0.25) is 0 Å². The highest BCUT2D eigenvalue weighted by atomic mass is 15.3. The summed E-state index contributed by atoms with van der Waals surface area (Å²) in [5.41, 5.74) is 4.00. The number of aromatic nitrogens is 2. The molecule has 0 radical (unpaired) electrons. The van der Waals surface area contributed by atoms with Crippen LogP contribution in [0.4, 0.5) is 0 Å². The second kappa shape index (κ2) is 4.60. The van der Waals surface area contributed by atoms with Crippen molar-refractivity contribution >= 4 is 5.57 Å². The zero-order valence-corrected chi connectivity index (χ0v) is 11.7. The van der Waals surface area contributed by atoms with Gasteiger partial charge in [0.05, 0.1) is 5.69 Å². The summed E-state index contributed by atoms with van der Waals surface area (Å²) in [6.45, 7) is 0. The highest BCUT2D eigenvalue weighted by molar-refractivity contribution is 5.68. The molecule has 0 amide bonds. The zero-order valence-electron chi connectivity index (χ0n) is 11.7. The van der Waals surface area contributed by atoms with Crippen molar-refractivity contribution in [1.82, 2.24) is 14.7 Å². The Morgan fingerprint density at radius 2 is 2.00 bits per heavy atom. The van der Waals surface area contributed by atoms with E-state index in [-0.39, 0.29) is 0 Å². The Labute approximate surface area is 119 Å². The van der Waals surface area contributed by atoms with E-state index in [0.717, 1.165) is 11.7 Å². The molecular weight excluding hydrogens is 246 g/mol. The van der Waals surface area contributed by atoms with Crippen LogP contribution in [0.1, 0.15) is 24.8 Å². The standard InChI is InChI=1S/C17H19N3/c1-19-16-7-8-17(19)12-14(11-16)13-3-5-15(6-4-13)20-10-2-9-18-20/h2-6,9-11,16-17H,7-8,12H2,1H3. The van der Waals surface area contributed by atoms with Crippen LogP contribution >= 0.6 is 0 Å². The minimum absolute atomic E-state index is 0.648. The predicted octanol–water partition coefficient (Wildman–Crippen LogP) is 3.12. The summed E-state index contributed by atoms with van der Waals surface area (Å²) in [4.78, 5) is 2.53. The lowest BCUT2D eigenvalue weighted by molar-refractivity contribution is 0.264. The van der Waals surface area contributed by atoms with E-state index in [4.69, 9.17) is 0 Å². The molecule has 2 unspecified atom stereocenters. The van der Waals surface area contributed by atoms with Gasteiger partial charge >= 0.3 is 0 Å². The highest BCUT2D eigenvalue weighted by Crippen LogP contribution is 2.37. The molecule has 2 aliphatic heterocycles. The molecule has 3 heteroatoms. The van der Waals surface area contributed by atoms with Crippen LogP contribution < -0.4 is 0 Å². The number of nitrogens with zero attached hydrogens (tertiary/aromatic N) is 3. The molecule has 0 saturated carbocycles. The number of hydrogen-bond acceptors (Lipinski definition) is 2. The van der Waals surface area contributed by atoms with E-state index in [1.807, 2.05) is 23.1 Å². The van der Waals surface area contributed by atoms with Crippen molar-refractivity contribution in [3.8, 4) is 5.69 Å². The van der Waals surface area contributed by atoms with Crippen LogP contribution in [0.2, 0.25) is 0 Å². The minimum atomic E-state index is 0.648. The van der Waals surface area contributed by atoms with E-state index in [1.54, 1.807) is 0 Å².